The molecule has 0 saturated carbocycles. The Morgan fingerprint density at radius 3 is 2.34 bits per heavy atom. The average Bonchev–Trinajstić information content (AvgIpc) is 3.41. The largest absolute Gasteiger partial charge is 0.467 e. The van der Waals surface area contributed by atoms with Gasteiger partial charge in [-0.2, -0.15) is 4.72 Å². The number of benzene rings is 3. The highest BCUT2D eigenvalue weighted by molar-refractivity contribution is 7.89. The van der Waals surface area contributed by atoms with Gasteiger partial charge in [-0.05, 0) is 53.1 Å². The fourth-order valence-corrected chi connectivity index (χ4v) is 4.59. The van der Waals surface area contributed by atoms with E-state index >= 15 is 0 Å². The molecule has 0 radical (unpaired) electrons. The molecule has 0 aliphatic carbocycles. The number of rotatable bonds is 9. The van der Waals surface area contributed by atoms with Gasteiger partial charge in [-0.15, -0.1) is 0 Å². The molecule has 3 aromatic carbocycles. The van der Waals surface area contributed by atoms with Gasteiger partial charge in [-0.3, -0.25) is 0 Å². The Kier molecular flexibility index (Phi) is 7.39. The lowest BCUT2D eigenvalue weighted by atomic mass is 10.1. The van der Waals surface area contributed by atoms with Gasteiger partial charge in [0.25, 0.3) is 0 Å². The zero-order valence-electron chi connectivity index (χ0n) is 18.5. The Bertz CT molecular complexity index is 1390. The molecule has 1 unspecified atom stereocenters. The van der Waals surface area contributed by atoms with Gasteiger partial charge in [-0.1, -0.05) is 54.6 Å². The van der Waals surface area contributed by atoms with E-state index in [1.54, 1.807) is 72.8 Å². The molecule has 1 heterocycles. The number of carbonyl (C=O) groups is 2. The van der Waals surface area contributed by atoms with Crippen LogP contribution in [0.2, 0.25) is 0 Å². The number of nitrogens with one attached hydrogen (secondary N) is 3. The van der Waals surface area contributed by atoms with Crippen LogP contribution in [0.3, 0.4) is 0 Å². The highest BCUT2D eigenvalue weighted by atomic mass is 32.2. The standard InChI is InChI=1S/C26H23N3O5S/c30-18-25(20-6-2-1-3-7-20)29-35(32,33)24-13-11-19(12-14-24)21-8-4-9-22(16-21)28-26(31)27-17-23-10-5-15-34-23/h1-16,18,25,29H,17H2,(H2,27,28,31). The fraction of sp³-hybridized carbons (Fsp3) is 0.0769. The van der Waals surface area contributed by atoms with Crippen LogP contribution in [0.25, 0.3) is 11.1 Å². The van der Waals surface area contributed by atoms with Crippen molar-refractivity contribution in [2.75, 3.05) is 5.32 Å². The first-order valence-electron chi connectivity index (χ1n) is 10.7. The Labute approximate surface area is 203 Å². The van der Waals surface area contributed by atoms with Crippen molar-refractivity contribution in [3.05, 3.63) is 109 Å². The lowest BCUT2D eigenvalue weighted by Gasteiger charge is -2.14. The quantitative estimate of drug-likeness (QED) is 0.300. The SMILES string of the molecule is O=CC(NS(=O)(=O)c1ccc(-c2cccc(NC(=O)NCc3ccco3)c2)cc1)c1ccccc1. The van der Waals surface area contributed by atoms with Gasteiger partial charge in [-0.25, -0.2) is 13.2 Å². The summed E-state index contributed by atoms with van der Waals surface area (Å²) in [5.41, 5.74) is 2.69. The molecule has 1 aromatic heterocycles. The summed E-state index contributed by atoms with van der Waals surface area (Å²) in [4.78, 5) is 23.7. The third kappa shape index (κ3) is 6.23. The van der Waals surface area contributed by atoms with E-state index in [1.807, 2.05) is 6.07 Å². The van der Waals surface area contributed by atoms with E-state index < -0.39 is 16.1 Å². The number of anilines is 1. The number of urea groups is 1. The maximum absolute atomic E-state index is 12.8. The van der Waals surface area contributed by atoms with E-state index in [-0.39, 0.29) is 17.5 Å². The molecule has 4 aromatic rings. The van der Waals surface area contributed by atoms with Gasteiger partial charge in [0.05, 0.1) is 17.7 Å². The Balaban J connectivity index is 1.43. The summed E-state index contributed by atoms with van der Waals surface area (Å²) < 4.78 is 33.2. The van der Waals surface area contributed by atoms with Crippen LogP contribution < -0.4 is 15.4 Å². The van der Waals surface area contributed by atoms with E-state index in [0.717, 1.165) is 11.1 Å². The monoisotopic (exact) mass is 489 g/mol. The van der Waals surface area contributed by atoms with Crippen LogP contribution in [0.5, 0.6) is 0 Å². The first kappa shape index (κ1) is 23.9. The second kappa shape index (κ2) is 10.8. The zero-order chi connectivity index (χ0) is 24.7. The van der Waals surface area contributed by atoms with Crippen LogP contribution in [0.1, 0.15) is 17.4 Å². The van der Waals surface area contributed by atoms with Crippen molar-refractivity contribution in [1.82, 2.24) is 10.0 Å². The van der Waals surface area contributed by atoms with Gasteiger partial charge in [0, 0.05) is 5.69 Å². The Hall–Kier alpha value is -4.21. The molecule has 0 bridgehead atoms. The summed E-state index contributed by atoms with van der Waals surface area (Å²) in [5.74, 6) is 0.640. The number of amides is 2. The molecular formula is C26H23N3O5S. The van der Waals surface area contributed by atoms with Gasteiger partial charge < -0.3 is 19.8 Å². The molecule has 0 aliphatic rings. The smallest absolute Gasteiger partial charge is 0.319 e. The van der Waals surface area contributed by atoms with E-state index in [2.05, 4.69) is 15.4 Å². The Morgan fingerprint density at radius 1 is 0.886 bits per heavy atom. The van der Waals surface area contributed by atoms with Crippen molar-refractivity contribution in [1.29, 1.82) is 0 Å². The number of hydrogen-bond donors (Lipinski definition) is 3. The summed E-state index contributed by atoms with van der Waals surface area (Å²) in [6.07, 6.45) is 2.10. The minimum absolute atomic E-state index is 0.0376. The van der Waals surface area contributed by atoms with Crippen LogP contribution in [-0.4, -0.2) is 20.7 Å². The fourth-order valence-electron chi connectivity index (χ4n) is 3.43. The van der Waals surface area contributed by atoms with Crippen LogP contribution >= 0.6 is 0 Å². The third-order valence-electron chi connectivity index (χ3n) is 5.20. The molecule has 0 spiro atoms. The van der Waals surface area contributed by atoms with Crippen LogP contribution in [0, 0.1) is 0 Å². The first-order chi connectivity index (χ1) is 16.9. The second-order valence-corrected chi connectivity index (χ2v) is 9.35. The molecule has 4 rings (SSSR count). The predicted octanol–water partition coefficient (Wildman–Crippen LogP) is 4.49. The van der Waals surface area contributed by atoms with E-state index in [1.165, 1.54) is 18.4 Å². The minimum Gasteiger partial charge on any atom is -0.467 e. The third-order valence-corrected chi connectivity index (χ3v) is 6.66. The van der Waals surface area contributed by atoms with E-state index in [9.17, 15) is 18.0 Å². The average molecular weight is 490 g/mol. The predicted molar refractivity (Wildman–Crippen MR) is 132 cm³/mol. The van der Waals surface area contributed by atoms with Gasteiger partial charge in [0.2, 0.25) is 10.0 Å². The normalized spacial score (nSPS) is 12.0. The number of carbonyl (C=O) groups excluding carboxylic acids is 2. The van der Waals surface area contributed by atoms with Crippen molar-refractivity contribution in [2.45, 2.75) is 17.5 Å². The van der Waals surface area contributed by atoms with Crippen LogP contribution in [0.4, 0.5) is 10.5 Å². The maximum Gasteiger partial charge on any atom is 0.319 e. The molecule has 8 nitrogen and oxygen atoms in total. The van der Waals surface area contributed by atoms with Gasteiger partial charge in [0.1, 0.15) is 18.1 Å². The van der Waals surface area contributed by atoms with E-state index in [0.29, 0.717) is 23.3 Å². The molecule has 35 heavy (non-hydrogen) atoms. The van der Waals surface area contributed by atoms with Gasteiger partial charge in [0.15, 0.2) is 0 Å². The molecule has 178 valence electrons. The molecule has 0 fully saturated rings. The molecule has 0 saturated heterocycles. The molecular weight excluding hydrogens is 466 g/mol. The molecule has 0 aliphatic heterocycles. The van der Waals surface area contributed by atoms with Crippen molar-refractivity contribution in [3.63, 3.8) is 0 Å². The number of hydrogen-bond acceptors (Lipinski definition) is 5. The van der Waals surface area contributed by atoms with Gasteiger partial charge >= 0.3 is 6.03 Å². The summed E-state index contributed by atoms with van der Waals surface area (Å²) in [6.45, 7) is 0.262. The second-order valence-electron chi connectivity index (χ2n) is 7.64. The number of furan rings is 1. The number of sulfonamides is 1. The molecule has 9 heteroatoms. The van der Waals surface area contributed by atoms with Crippen LogP contribution in [-0.2, 0) is 21.4 Å². The summed E-state index contributed by atoms with van der Waals surface area (Å²) in [5, 5.41) is 5.47. The Morgan fingerprint density at radius 2 is 1.66 bits per heavy atom. The minimum atomic E-state index is -3.92. The zero-order valence-corrected chi connectivity index (χ0v) is 19.4. The highest BCUT2D eigenvalue weighted by Crippen LogP contribution is 2.25. The molecule has 1 atom stereocenters. The first-order valence-corrected chi connectivity index (χ1v) is 12.2. The van der Waals surface area contributed by atoms with Crippen molar-refractivity contribution < 1.29 is 22.4 Å². The summed E-state index contributed by atoms with van der Waals surface area (Å²) >= 11 is 0. The lowest BCUT2D eigenvalue weighted by molar-refractivity contribution is -0.109. The topological polar surface area (TPSA) is 118 Å². The highest BCUT2D eigenvalue weighted by Gasteiger charge is 2.21. The van der Waals surface area contributed by atoms with Crippen molar-refractivity contribution in [2.24, 2.45) is 0 Å². The van der Waals surface area contributed by atoms with Crippen molar-refractivity contribution in [3.8, 4) is 11.1 Å². The summed E-state index contributed by atoms with van der Waals surface area (Å²) in [7, 11) is -3.92. The van der Waals surface area contributed by atoms with Crippen LogP contribution in [0.15, 0.2) is 107 Å². The molecule has 2 amide bonds. The van der Waals surface area contributed by atoms with Crippen molar-refractivity contribution >= 4 is 28.0 Å². The van der Waals surface area contributed by atoms with E-state index in [4.69, 9.17) is 4.42 Å². The number of aldehydes is 1. The molecule has 3 N–H and O–H groups in total. The lowest BCUT2D eigenvalue weighted by Crippen LogP contribution is -2.29. The summed E-state index contributed by atoms with van der Waals surface area (Å²) in [6, 6.07) is 24.2. The maximum atomic E-state index is 12.8.